The van der Waals surface area contributed by atoms with Crippen LogP contribution in [0.1, 0.15) is 47.6 Å². The van der Waals surface area contributed by atoms with Crippen molar-refractivity contribution in [2.75, 3.05) is 19.8 Å². The lowest BCUT2D eigenvalue weighted by atomic mass is 10.1. The summed E-state index contributed by atoms with van der Waals surface area (Å²) < 4.78 is 13.0. The Morgan fingerprint density at radius 3 is 3.08 bits per heavy atom. The number of imidazole rings is 1. The van der Waals surface area contributed by atoms with E-state index in [1.807, 2.05) is 24.3 Å². The Kier molecular flexibility index (Phi) is 4.10. The number of carbonyl (C=O) groups excluding carboxylic acids is 1. The second-order valence-corrected chi connectivity index (χ2v) is 6.64. The van der Waals surface area contributed by atoms with E-state index in [9.17, 15) is 4.79 Å². The van der Waals surface area contributed by atoms with E-state index in [0.717, 1.165) is 30.8 Å². The summed E-state index contributed by atoms with van der Waals surface area (Å²) in [5.74, 6) is 1.44. The number of aromatic nitrogens is 3. The van der Waals surface area contributed by atoms with Crippen molar-refractivity contribution in [3.8, 4) is 0 Å². The van der Waals surface area contributed by atoms with Gasteiger partial charge in [0.2, 0.25) is 0 Å². The lowest BCUT2D eigenvalue weighted by Gasteiger charge is -2.23. The van der Waals surface area contributed by atoms with E-state index < -0.39 is 0 Å². The molecule has 128 valence electrons. The highest BCUT2D eigenvalue weighted by atomic mass is 16.5. The summed E-state index contributed by atoms with van der Waals surface area (Å²) in [6.07, 6.45) is 5.90. The molecule has 0 aromatic carbocycles. The van der Waals surface area contributed by atoms with Gasteiger partial charge in [0.1, 0.15) is 5.76 Å². The van der Waals surface area contributed by atoms with Gasteiger partial charge in [-0.3, -0.25) is 4.79 Å². The fourth-order valence-electron chi connectivity index (χ4n) is 3.21. The maximum atomic E-state index is 12.9. The van der Waals surface area contributed by atoms with Crippen LogP contribution in [0.3, 0.4) is 0 Å². The molecule has 2 aromatic rings. The molecule has 1 aliphatic carbocycles. The number of hydrogen-bond acceptors (Lipinski definition) is 5. The monoisotopic (exact) mass is 330 g/mol. The molecule has 4 rings (SSSR count). The Labute approximate surface area is 140 Å². The molecule has 1 fully saturated rings. The third-order valence-corrected chi connectivity index (χ3v) is 4.66. The van der Waals surface area contributed by atoms with Crippen LogP contribution in [0.5, 0.6) is 0 Å². The number of hydrogen-bond donors (Lipinski definition) is 0. The van der Waals surface area contributed by atoms with Crippen LogP contribution < -0.4 is 0 Å². The second-order valence-electron chi connectivity index (χ2n) is 6.64. The van der Waals surface area contributed by atoms with Crippen LogP contribution in [-0.2, 0) is 17.8 Å². The molecule has 1 aliphatic heterocycles. The van der Waals surface area contributed by atoms with E-state index in [1.54, 1.807) is 6.07 Å². The average Bonchev–Trinajstić information content (AvgIpc) is 3.22. The molecule has 0 spiro atoms. The number of fused-ring (bicyclic) bond motifs is 1. The Morgan fingerprint density at radius 2 is 2.29 bits per heavy atom. The van der Waals surface area contributed by atoms with E-state index in [1.165, 1.54) is 0 Å². The molecule has 0 bridgehead atoms. The lowest BCUT2D eigenvalue weighted by Crippen LogP contribution is -2.35. The number of amides is 1. The first kappa shape index (κ1) is 15.4. The molecule has 0 N–H and O–H groups in total. The largest absolute Gasteiger partial charge is 0.381 e. The molecule has 1 saturated carbocycles. The van der Waals surface area contributed by atoms with Crippen LogP contribution in [0.15, 0.2) is 23.1 Å². The van der Waals surface area contributed by atoms with Crippen molar-refractivity contribution in [2.45, 2.75) is 38.8 Å². The predicted octanol–water partition coefficient (Wildman–Crippen LogP) is 2.06. The van der Waals surface area contributed by atoms with Gasteiger partial charge in [-0.15, -0.1) is 0 Å². The first-order chi connectivity index (χ1) is 11.7. The van der Waals surface area contributed by atoms with E-state index in [2.05, 4.69) is 14.7 Å². The van der Waals surface area contributed by atoms with Crippen LogP contribution >= 0.6 is 0 Å². The molecule has 1 amide bonds. The molecule has 2 aliphatic rings. The van der Waals surface area contributed by atoms with Crippen LogP contribution in [-0.4, -0.2) is 45.3 Å². The van der Waals surface area contributed by atoms with Gasteiger partial charge < -0.3 is 18.7 Å². The van der Waals surface area contributed by atoms with Gasteiger partial charge in [-0.25, -0.2) is 4.98 Å². The van der Waals surface area contributed by atoms with E-state index in [4.69, 9.17) is 9.26 Å². The summed E-state index contributed by atoms with van der Waals surface area (Å²) in [6, 6.07) is 1.81. The van der Waals surface area contributed by atoms with E-state index in [-0.39, 0.29) is 11.8 Å². The fraction of sp³-hybridized carbons (Fsp3) is 0.588. The molecular weight excluding hydrogens is 308 g/mol. The number of ether oxygens (including phenoxy) is 1. The first-order valence-corrected chi connectivity index (χ1v) is 8.57. The van der Waals surface area contributed by atoms with Gasteiger partial charge in [-0.1, -0.05) is 5.16 Å². The third-order valence-electron chi connectivity index (χ3n) is 4.66. The van der Waals surface area contributed by atoms with Gasteiger partial charge in [-0.05, 0) is 19.8 Å². The highest BCUT2D eigenvalue weighted by Gasteiger charge is 2.31. The zero-order valence-electron chi connectivity index (χ0n) is 13.9. The molecule has 0 radical (unpaired) electrons. The summed E-state index contributed by atoms with van der Waals surface area (Å²) in [5, 5.41) is 3.99. The van der Waals surface area contributed by atoms with E-state index in [0.29, 0.717) is 37.9 Å². The summed E-state index contributed by atoms with van der Waals surface area (Å²) in [5.41, 5.74) is 1.44. The first-order valence-electron chi connectivity index (χ1n) is 8.57. The smallest absolute Gasteiger partial charge is 0.276 e. The standard InChI is InChI=1S/C17H22N4O3/c1-2-23-10-12-7-20(9-14-6-18-11-21(14)8-12)17(22)15-5-16(24-19-15)13-3-4-13/h5-6,11-13H,2-4,7-10H2,1H3/t12-/m1/s1. The third kappa shape index (κ3) is 3.08. The maximum absolute atomic E-state index is 12.9. The van der Waals surface area contributed by atoms with Crippen LogP contribution in [0.25, 0.3) is 0 Å². The predicted molar refractivity (Wildman–Crippen MR) is 85.4 cm³/mol. The zero-order chi connectivity index (χ0) is 16.5. The SMILES string of the molecule is CCOC[C@@H]1CN(C(=O)c2cc(C3CC3)on2)Cc2cncn2C1. The highest BCUT2D eigenvalue weighted by Crippen LogP contribution is 2.40. The van der Waals surface area contributed by atoms with Crippen LogP contribution in [0.4, 0.5) is 0 Å². The fourth-order valence-corrected chi connectivity index (χ4v) is 3.21. The van der Waals surface area contributed by atoms with Crippen molar-refractivity contribution < 1.29 is 14.1 Å². The van der Waals surface area contributed by atoms with Crippen LogP contribution in [0.2, 0.25) is 0 Å². The Bertz CT molecular complexity index is 719. The van der Waals surface area contributed by atoms with Crippen molar-refractivity contribution in [1.82, 2.24) is 19.6 Å². The molecule has 7 nitrogen and oxygen atoms in total. The zero-order valence-corrected chi connectivity index (χ0v) is 13.9. The van der Waals surface area contributed by atoms with Gasteiger partial charge in [0.25, 0.3) is 5.91 Å². The molecule has 2 aromatic heterocycles. The number of carbonyl (C=O) groups is 1. The molecule has 1 atom stereocenters. The van der Waals surface area contributed by atoms with Crippen molar-refractivity contribution in [2.24, 2.45) is 5.92 Å². The molecule has 0 saturated heterocycles. The van der Waals surface area contributed by atoms with Crippen LogP contribution in [0, 0.1) is 5.92 Å². The Balaban J connectivity index is 1.54. The number of nitrogens with zero attached hydrogens (tertiary/aromatic N) is 4. The van der Waals surface area contributed by atoms with Crippen molar-refractivity contribution >= 4 is 5.91 Å². The quantitative estimate of drug-likeness (QED) is 0.839. The normalized spacial score (nSPS) is 20.7. The van der Waals surface area contributed by atoms with Gasteiger partial charge >= 0.3 is 0 Å². The van der Waals surface area contributed by atoms with Gasteiger partial charge in [0.05, 0.1) is 25.2 Å². The molecular formula is C17H22N4O3. The van der Waals surface area contributed by atoms with E-state index >= 15 is 0 Å². The van der Waals surface area contributed by atoms with Crippen molar-refractivity contribution in [1.29, 1.82) is 0 Å². The summed E-state index contributed by atoms with van der Waals surface area (Å²) >= 11 is 0. The van der Waals surface area contributed by atoms with Gasteiger partial charge in [-0.2, -0.15) is 0 Å². The van der Waals surface area contributed by atoms with Crippen molar-refractivity contribution in [3.05, 3.63) is 35.7 Å². The number of rotatable bonds is 5. The van der Waals surface area contributed by atoms with Crippen molar-refractivity contribution in [3.63, 3.8) is 0 Å². The average molecular weight is 330 g/mol. The lowest BCUT2D eigenvalue weighted by molar-refractivity contribution is 0.0611. The summed E-state index contributed by atoms with van der Waals surface area (Å²) in [6.45, 7) is 5.28. The molecule has 3 heterocycles. The van der Waals surface area contributed by atoms with Gasteiger partial charge in [0, 0.05) is 43.8 Å². The summed E-state index contributed by atoms with van der Waals surface area (Å²) in [7, 11) is 0. The Hall–Kier alpha value is -2.15. The minimum absolute atomic E-state index is 0.0817. The molecule has 7 heteroatoms. The Morgan fingerprint density at radius 1 is 1.42 bits per heavy atom. The summed E-state index contributed by atoms with van der Waals surface area (Å²) in [4.78, 5) is 18.9. The maximum Gasteiger partial charge on any atom is 0.276 e. The minimum atomic E-state index is -0.0817. The second kappa shape index (κ2) is 6.39. The minimum Gasteiger partial charge on any atom is -0.381 e. The topological polar surface area (TPSA) is 73.4 Å². The molecule has 0 unspecified atom stereocenters. The highest BCUT2D eigenvalue weighted by molar-refractivity contribution is 5.92. The van der Waals surface area contributed by atoms with Gasteiger partial charge in [0.15, 0.2) is 5.69 Å². The molecule has 24 heavy (non-hydrogen) atoms.